The van der Waals surface area contributed by atoms with Crippen LogP contribution in [0.25, 0.3) is 5.69 Å². The minimum Gasteiger partial charge on any atom is -0.383 e. The molecule has 3 rings (SSSR count). The predicted octanol–water partition coefficient (Wildman–Crippen LogP) is 1.60. The topological polar surface area (TPSA) is 86.9 Å². The van der Waals surface area contributed by atoms with Crippen LogP contribution in [-0.4, -0.2) is 44.2 Å². The highest BCUT2D eigenvalue weighted by molar-refractivity contribution is 5.97. The van der Waals surface area contributed by atoms with Crippen LogP contribution in [0.4, 0.5) is 0 Å². The van der Waals surface area contributed by atoms with E-state index in [1.165, 1.54) is 0 Å². The third kappa shape index (κ3) is 3.74. The van der Waals surface area contributed by atoms with Crippen molar-refractivity contribution in [3.05, 3.63) is 60.4 Å². The number of carbonyl (C=O) groups excluding carboxylic acids is 1. The molecule has 1 unspecified atom stereocenters. The number of benzene rings is 1. The zero-order valence-corrected chi connectivity index (χ0v) is 14.2. The van der Waals surface area contributed by atoms with Gasteiger partial charge in [-0.15, -0.1) is 10.2 Å². The standard InChI is InChI=1S/C17H20N6O2/c1-13(16-21-18-12-22(16)10-11-25-2)20-17(24)14-6-3-4-7-15(14)23-9-5-8-19-23/h3-9,12-13H,10-11H2,1-2H3,(H,20,24). The molecule has 0 bridgehead atoms. The van der Waals surface area contributed by atoms with E-state index in [4.69, 9.17) is 4.74 Å². The number of amides is 1. The molecule has 0 aliphatic rings. The number of hydrogen-bond acceptors (Lipinski definition) is 5. The van der Waals surface area contributed by atoms with Gasteiger partial charge in [-0.05, 0) is 25.1 Å². The summed E-state index contributed by atoms with van der Waals surface area (Å²) >= 11 is 0. The number of carbonyl (C=O) groups is 1. The summed E-state index contributed by atoms with van der Waals surface area (Å²) in [7, 11) is 1.64. The smallest absolute Gasteiger partial charge is 0.254 e. The highest BCUT2D eigenvalue weighted by atomic mass is 16.5. The monoisotopic (exact) mass is 340 g/mol. The normalized spacial score (nSPS) is 12.1. The van der Waals surface area contributed by atoms with Crippen LogP contribution in [0.1, 0.15) is 29.1 Å². The maximum absolute atomic E-state index is 12.8. The van der Waals surface area contributed by atoms with Gasteiger partial charge in [0.1, 0.15) is 6.33 Å². The van der Waals surface area contributed by atoms with E-state index < -0.39 is 0 Å². The number of rotatable bonds is 7. The van der Waals surface area contributed by atoms with Gasteiger partial charge in [0.05, 0.1) is 23.9 Å². The summed E-state index contributed by atoms with van der Waals surface area (Å²) in [4.78, 5) is 12.8. The van der Waals surface area contributed by atoms with Crippen LogP contribution in [0, 0.1) is 0 Å². The van der Waals surface area contributed by atoms with Crippen LogP contribution in [0.3, 0.4) is 0 Å². The van der Waals surface area contributed by atoms with Gasteiger partial charge in [0.2, 0.25) is 0 Å². The van der Waals surface area contributed by atoms with Crippen LogP contribution < -0.4 is 5.32 Å². The first kappa shape index (κ1) is 16.8. The Morgan fingerprint density at radius 1 is 1.32 bits per heavy atom. The maximum atomic E-state index is 12.8. The van der Waals surface area contributed by atoms with E-state index in [9.17, 15) is 4.79 Å². The van der Waals surface area contributed by atoms with Crippen LogP contribution in [-0.2, 0) is 11.3 Å². The zero-order chi connectivity index (χ0) is 17.6. The van der Waals surface area contributed by atoms with E-state index in [0.29, 0.717) is 24.5 Å². The molecule has 3 aromatic rings. The number of aromatic nitrogens is 5. The highest BCUT2D eigenvalue weighted by Crippen LogP contribution is 2.16. The van der Waals surface area contributed by atoms with E-state index in [1.54, 1.807) is 36.6 Å². The quantitative estimate of drug-likeness (QED) is 0.706. The van der Waals surface area contributed by atoms with Gasteiger partial charge in [-0.1, -0.05) is 12.1 Å². The second-order valence-electron chi connectivity index (χ2n) is 5.54. The molecule has 2 heterocycles. The largest absolute Gasteiger partial charge is 0.383 e. The number of nitrogens with zero attached hydrogens (tertiary/aromatic N) is 5. The molecule has 0 spiro atoms. The molecule has 1 N–H and O–H groups in total. The van der Waals surface area contributed by atoms with Crippen molar-refractivity contribution in [1.29, 1.82) is 0 Å². The SMILES string of the molecule is COCCn1cnnc1C(C)NC(=O)c1ccccc1-n1cccn1. The second kappa shape index (κ2) is 7.71. The van der Waals surface area contributed by atoms with Gasteiger partial charge >= 0.3 is 0 Å². The lowest BCUT2D eigenvalue weighted by Crippen LogP contribution is -2.29. The van der Waals surface area contributed by atoms with Crippen LogP contribution in [0.15, 0.2) is 49.1 Å². The predicted molar refractivity (Wildman–Crippen MR) is 91.3 cm³/mol. The van der Waals surface area contributed by atoms with E-state index in [0.717, 1.165) is 5.69 Å². The van der Waals surface area contributed by atoms with Crippen molar-refractivity contribution in [2.45, 2.75) is 19.5 Å². The zero-order valence-electron chi connectivity index (χ0n) is 14.2. The Morgan fingerprint density at radius 2 is 2.16 bits per heavy atom. The molecule has 2 aromatic heterocycles. The molecule has 25 heavy (non-hydrogen) atoms. The Bertz CT molecular complexity index is 827. The number of ether oxygens (including phenoxy) is 1. The Hall–Kier alpha value is -3.00. The highest BCUT2D eigenvalue weighted by Gasteiger charge is 2.19. The number of methoxy groups -OCH3 is 1. The van der Waals surface area contributed by atoms with Crippen LogP contribution in [0.5, 0.6) is 0 Å². The summed E-state index contributed by atoms with van der Waals surface area (Å²) in [6, 6.07) is 8.85. The minimum atomic E-state index is -0.294. The molecule has 130 valence electrons. The van der Waals surface area contributed by atoms with E-state index in [-0.39, 0.29) is 11.9 Å². The van der Waals surface area contributed by atoms with Crippen molar-refractivity contribution in [3.63, 3.8) is 0 Å². The summed E-state index contributed by atoms with van der Waals surface area (Å²) in [6.07, 6.45) is 5.11. The Balaban J connectivity index is 1.78. The third-order valence-electron chi connectivity index (χ3n) is 3.82. The van der Waals surface area contributed by atoms with Crippen LogP contribution in [0.2, 0.25) is 0 Å². The molecule has 1 atom stereocenters. The van der Waals surface area contributed by atoms with Crippen molar-refractivity contribution in [2.75, 3.05) is 13.7 Å². The number of hydrogen-bond donors (Lipinski definition) is 1. The van der Waals surface area contributed by atoms with Gasteiger partial charge < -0.3 is 14.6 Å². The molecule has 0 aliphatic carbocycles. The fourth-order valence-electron chi connectivity index (χ4n) is 2.58. The fourth-order valence-corrected chi connectivity index (χ4v) is 2.58. The molecule has 8 heteroatoms. The summed E-state index contributed by atoms with van der Waals surface area (Å²) in [5.41, 5.74) is 1.26. The molecule has 0 saturated carbocycles. The number of nitrogens with one attached hydrogen (secondary N) is 1. The molecule has 8 nitrogen and oxygen atoms in total. The minimum absolute atomic E-state index is 0.195. The lowest BCUT2D eigenvalue weighted by Gasteiger charge is -2.16. The van der Waals surface area contributed by atoms with Crippen LogP contribution >= 0.6 is 0 Å². The van der Waals surface area contributed by atoms with E-state index >= 15 is 0 Å². The van der Waals surface area contributed by atoms with Gasteiger partial charge in [0, 0.05) is 26.0 Å². The first-order valence-corrected chi connectivity index (χ1v) is 7.97. The van der Waals surface area contributed by atoms with Gasteiger partial charge in [-0.2, -0.15) is 5.10 Å². The Kier molecular flexibility index (Phi) is 5.20. The lowest BCUT2D eigenvalue weighted by molar-refractivity contribution is 0.0937. The molecule has 1 amide bonds. The van der Waals surface area contributed by atoms with Gasteiger partial charge in [-0.25, -0.2) is 4.68 Å². The van der Waals surface area contributed by atoms with Crippen molar-refractivity contribution in [2.24, 2.45) is 0 Å². The Morgan fingerprint density at radius 3 is 2.92 bits per heavy atom. The van der Waals surface area contributed by atoms with Gasteiger partial charge in [0.15, 0.2) is 5.82 Å². The van der Waals surface area contributed by atoms with Crippen molar-refractivity contribution in [3.8, 4) is 5.69 Å². The Labute approximate surface area is 145 Å². The summed E-state index contributed by atoms with van der Waals surface area (Å²) in [5.74, 6) is 0.488. The van der Waals surface area contributed by atoms with Crippen molar-refractivity contribution >= 4 is 5.91 Å². The summed E-state index contributed by atoms with van der Waals surface area (Å²) in [6.45, 7) is 3.05. The lowest BCUT2D eigenvalue weighted by atomic mass is 10.1. The van der Waals surface area contributed by atoms with E-state index in [2.05, 4.69) is 20.6 Å². The summed E-state index contributed by atoms with van der Waals surface area (Å²) in [5, 5.41) is 15.2. The third-order valence-corrected chi connectivity index (χ3v) is 3.82. The van der Waals surface area contributed by atoms with E-state index in [1.807, 2.05) is 35.8 Å². The fraction of sp³-hybridized carbons (Fsp3) is 0.294. The number of para-hydroxylation sites is 1. The molecule has 0 radical (unpaired) electrons. The molecule has 1 aromatic carbocycles. The first-order chi connectivity index (χ1) is 12.2. The molecular formula is C17H20N6O2. The first-order valence-electron chi connectivity index (χ1n) is 7.97. The maximum Gasteiger partial charge on any atom is 0.254 e. The average molecular weight is 340 g/mol. The van der Waals surface area contributed by atoms with Crippen molar-refractivity contribution in [1.82, 2.24) is 29.9 Å². The van der Waals surface area contributed by atoms with Gasteiger partial charge in [0.25, 0.3) is 5.91 Å². The summed E-state index contributed by atoms with van der Waals surface area (Å²) < 4.78 is 8.62. The second-order valence-corrected chi connectivity index (χ2v) is 5.54. The van der Waals surface area contributed by atoms with Gasteiger partial charge in [-0.3, -0.25) is 4.79 Å². The van der Waals surface area contributed by atoms with Crippen molar-refractivity contribution < 1.29 is 9.53 Å². The molecule has 0 aliphatic heterocycles. The molecular weight excluding hydrogens is 320 g/mol. The average Bonchev–Trinajstić information content (AvgIpc) is 3.31. The molecule has 0 fully saturated rings. The molecule has 0 saturated heterocycles.